The summed E-state index contributed by atoms with van der Waals surface area (Å²) >= 11 is 12.2. The number of halogens is 2. The molecule has 5 rings (SSSR count). The quantitative estimate of drug-likeness (QED) is 0.379. The van der Waals surface area contributed by atoms with Gasteiger partial charge in [0.1, 0.15) is 24.4 Å². The first kappa shape index (κ1) is 18.5. The third-order valence-corrected chi connectivity index (χ3v) is 6.21. The van der Waals surface area contributed by atoms with E-state index in [0.717, 1.165) is 46.3 Å². The summed E-state index contributed by atoms with van der Waals surface area (Å²) in [5, 5.41) is 3.56. The maximum Gasteiger partial charge on any atom is 0.344 e. The highest BCUT2D eigenvalue weighted by molar-refractivity contribution is 6.42. The van der Waals surface area contributed by atoms with Crippen molar-refractivity contribution in [1.82, 2.24) is 0 Å². The van der Waals surface area contributed by atoms with Crippen molar-refractivity contribution in [3.05, 3.63) is 85.7 Å². The van der Waals surface area contributed by atoms with Gasteiger partial charge in [0.05, 0.1) is 15.4 Å². The zero-order valence-electron chi connectivity index (χ0n) is 15.7. The molecule has 0 saturated heterocycles. The van der Waals surface area contributed by atoms with E-state index in [-0.39, 0.29) is 5.63 Å². The lowest BCUT2D eigenvalue weighted by molar-refractivity contribution is -0.945. The summed E-state index contributed by atoms with van der Waals surface area (Å²) in [4.78, 5) is 13.6. The van der Waals surface area contributed by atoms with Gasteiger partial charge in [0.25, 0.3) is 0 Å². The number of hydrogen-bond donors (Lipinski definition) is 1. The van der Waals surface area contributed by atoms with Gasteiger partial charge in [-0.1, -0.05) is 47.5 Å². The summed E-state index contributed by atoms with van der Waals surface area (Å²) in [5.74, 6) is 0.814. The smallest absolute Gasteiger partial charge is 0.344 e. The van der Waals surface area contributed by atoms with E-state index in [4.69, 9.17) is 32.4 Å². The second-order valence-electron chi connectivity index (χ2n) is 7.44. The molecule has 0 aliphatic carbocycles. The van der Waals surface area contributed by atoms with Crippen LogP contribution < -0.4 is 15.3 Å². The Morgan fingerprint density at radius 1 is 1.00 bits per heavy atom. The van der Waals surface area contributed by atoms with Crippen molar-refractivity contribution in [2.75, 3.05) is 6.73 Å². The maximum atomic E-state index is 12.4. The van der Waals surface area contributed by atoms with Crippen molar-refractivity contribution in [3.63, 3.8) is 0 Å². The lowest BCUT2D eigenvalue weighted by Crippen LogP contribution is -3.10. The van der Waals surface area contributed by atoms with Crippen LogP contribution in [0.1, 0.15) is 16.7 Å². The zero-order valence-corrected chi connectivity index (χ0v) is 17.2. The Labute approximate surface area is 177 Å². The molecule has 29 heavy (non-hydrogen) atoms. The molecular formula is C23H18Cl2NO3+. The number of benzene rings is 3. The Bertz CT molecular complexity index is 1330. The SMILES string of the molecule is Cc1c2c(cc3c1oc(=O)c1ccccc13)C[NH+](Cc1ccc(Cl)c(Cl)c1)CO2. The topological polar surface area (TPSA) is 43.9 Å². The molecule has 1 N–H and O–H groups in total. The van der Waals surface area contributed by atoms with E-state index in [0.29, 0.717) is 27.7 Å². The Morgan fingerprint density at radius 2 is 1.79 bits per heavy atom. The van der Waals surface area contributed by atoms with E-state index in [1.54, 1.807) is 6.07 Å². The molecule has 6 heteroatoms. The molecular weight excluding hydrogens is 409 g/mol. The van der Waals surface area contributed by atoms with Gasteiger partial charge in [-0.3, -0.25) is 4.90 Å². The number of ether oxygens (including phenoxy) is 1. The minimum absolute atomic E-state index is 0.321. The molecule has 0 bridgehead atoms. The Kier molecular flexibility index (Phi) is 4.50. The fourth-order valence-corrected chi connectivity index (χ4v) is 4.43. The Morgan fingerprint density at radius 3 is 2.59 bits per heavy atom. The van der Waals surface area contributed by atoms with Crippen LogP contribution in [0.25, 0.3) is 21.7 Å². The minimum Gasteiger partial charge on any atom is -0.444 e. The van der Waals surface area contributed by atoms with Gasteiger partial charge < -0.3 is 9.15 Å². The standard InChI is InChI=1S/C23H17Cl2NO3/c1-13-21-15(9-18-16-4-2-3-5-17(16)23(27)29-22(13)18)11-26(12-28-21)10-14-6-7-19(24)20(25)8-14/h2-9H,10-12H2,1H3/p+1. The number of rotatable bonds is 2. The molecule has 146 valence electrons. The van der Waals surface area contributed by atoms with Crippen LogP contribution in [0.3, 0.4) is 0 Å². The largest absolute Gasteiger partial charge is 0.444 e. The lowest BCUT2D eigenvalue weighted by atomic mass is 10.00. The average Bonchev–Trinajstić information content (AvgIpc) is 2.72. The van der Waals surface area contributed by atoms with Gasteiger partial charge in [-0.15, -0.1) is 0 Å². The molecule has 0 spiro atoms. The highest BCUT2D eigenvalue weighted by Crippen LogP contribution is 2.35. The monoisotopic (exact) mass is 426 g/mol. The Hall–Kier alpha value is -2.53. The van der Waals surface area contributed by atoms with Crippen molar-refractivity contribution in [3.8, 4) is 5.75 Å². The molecule has 2 heterocycles. The van der Waals surface area contributed by atoms with E-state index < -0.39 is 0 Å². The number of hydrogen-bond acceptors (Lipinski definition) is 3. The van der Waals surface area contributed by atoms with E-state index in [1.807, 2.05) is 43.3 Å². The molecule has 1 unspecified atom stereocenters. The second kappa shape index (κ2) is 7.06. The van der Waals surface area contributed by atoms with Crippen LogP contribution in [-0.2, 0) is 13.1 Å². The van der Waals surface area contributed by atoms with Crippen LogP contribution in [0.2, 0.25) is 10.0 Å². The maximum absolute atomic E-state index is 12.4. The first-order valence-corrected chi connectivity index (χ1v) is 10.1. The zero-order chi connectivity index (χ0) is 20.1. The first-order valence-electron chi connectivity index (χ1n) is 9.39. The van der Waals surface area contributed by atoms with Gasteiger partial charge >= 0.3 is 5.63 Å². The summed E-state index contributed by atoms with van der Waals surface area (Å²) in [6.07, 6.45) is 0. The van der Waals surface area contributed by atoms with Crippen molar-refractivity contribution in [2.24, 2.45) is 0 Å². The van der Waals surface area contributed by atoms with Crippen molar-refractivity contribution < 1.29 is 14.1 Å². The minimum atomic E-state index is -0.321. The van der Waals surface area contributed by atoms with Crippen LogP contribution in [-0.4, -0.2) is 6.73 Å². The molecule has 0 fully saturated rings. The van der Waals surface area contributed by atoms with Gasteiger partial charge in [0.2, 0.25) is 6.73 Å². The third-order valence-electron chi connectivity index (χ3n) is 5.47. The van der Waals surface area contributed by atoms with Gasteiger partial charge in [0, 0.05) is 22.1 Å². The summed E-state index contributed by atoms with van der Waals surface area (Å²) in [5.41, 5.74) is 3.36. The number of nitrogens with one attached hydrogen (secondary N) is 1. The van der Waals surface area contributed by atoms with Crippen LogP contribution in [0, 0.1) is 6.92 Å². The van der Waals surface area contributed by atoms with Gasteiger partial charge in [0.15, 0.2) is 0 Å². The molecule has 1 aliphatic heterocycles. The third kappa shape index (κ3) is 3.18. The predicted octanol–water partition coefficient (Wildman–Crippen LogP) is 4.50. The van der Waals surface area contributed by atoms with E-state index in [9.17, 15) is 4.79 Å². The van der Waals surface area contributed by atoms with Crippen LogP contribution in [0.5, 0.6) is 5.75 Å². The summed E-state index contributed by atoms with van der Waals surface area (Å²) in [6.45, 7) is 4.05. The molecule has 0 amide bonds. The number of fused-ring (bicyclic) bond motifs is 4. The summed E-state index contributed by atoms with van der Waals surface area (Å²) in [6, 6.07) is 15.4. The highest BCUT2D eigenvalue weighted by atomic mass is 35.5. The fraction of sp³-hybridized carbons (Fsp3) is 0.174. The molecule has 4 aromatic rings. The molecule has 1 atom stereocenters. The fourth-order valence-electron chi connectivity index (χ4n) is 4.11. The van der Waals surface area contributed by atoms with E-state index in [1.165, 1.54) is 4.90 Å². The molecule has 0 saturated carbocycles. The van der Waals surface area contributed by atoms with Gasteiger partial charge in [-0.05, 0) is 36.6 Å². The average molecular weight is 427 g/mol. The number of quaternary nitrogens is 1. The van der Waals surface area contributed by atoms with Crippen molar-refractivity contribution >= 4 is 44.9 Å². The Balaban J connectivity index is 1.57. The van der Waals surface area contributed by atoms with E-state index in [2.05, 4.69) is 6.07 Å². The lowest BCUT2D eigenvalue weighted by Gasteiger charge is -2.27. The number of aryl methyl sites for hydroxylation is 1. The molecule has 4 nitrogen and oxygen atoms in total. The molecule has 0 radical (unpaired) electrons. The first-order chi connectivity index (χ1) is 14.0. The van der Waals surface area contributed by atoms with E-state index >= 15 is 0 Å². The van der Waals surface area contributed by atoms with Gasteiger partial charge in [-0.2, -0.15) is 0 Å². The predicted molar refractivity (Wildman–Crippen MR) is 115 cm³/mol. The molecule has 1 aromatic heterocycles. The van der Waals surface area contributed by atoms with Crippen molar-refractivity contribution in [1.29, 1.82) is 0 Å². The van der Waals surface area contributed by atoms with Crippen molar-refractivity contribution in [2.45, 2.75) is 20.0 Å². The van der Waals surface area contributed by atoms with Crippen LogP contribution in [0.4, 0.5) is 0 Å². The van der Waals surface area contributed by atoms with Crippen LogP contribution >= 0.6 is 23.2 Å². The summed E-state index contributed by atoms with van der Waals surface area (Å²) in [7, 11) is 0. The molecule has 3 aromatic carbocycles. The summed E-state index contributed by atoms with van der Waals surface area (Å²) < 4.78 is 11.7. The second-order valence-corrected chi connectivity index (χ2v) is 8.26. The van der Waals surface area contributed by atoms with Gasteiger partial charge in [-0.25, -0.2) is 4.79 Å². The van der Waals surface area contributed by atoms with Crippen LogP contribution in [0.15, 0.2) is 57.7 Å². The normalized spacial score (nSPS) is 16.0. The molecule has 1 aliphatic rings. The highest BCUT2D eigenvalue weighted by Gasteiger charge is 2.25.